The van der Waals surface area contributed by atoms with E-state index in [4.69, 9.17) is 10.5 Å². The van der Waals surface area contributed by atoms with Crippen molar-refractivity contribution in [3.05, 3.63) is 21.9 Å². The molecule has 2 N–H and O–H groups in total. The predicted molar refractivity (Wildman–Crippen MR) is 98.8 cm³/mol. The molecule has 1 aliphatic heterocycles. The summed E-state index contributed by atoms with van der Waals surface area (Å²) >= 11 is 1.65. The molecule has 0 aromatic carbocycles. The molecule has 1 aromatic rings. The van der Waals surface area contributed by atoms with Gasteiger partial charge in [-0.25, -0.2) is 0 Å². The molecule has 24 heavy (non-hydrogen) atoms. The smallest absolute Gasteiger partial charge is 0.249 e. The lowest BCUT2D eigenvalue weighted by atomic mass is 9.64. The normalized spacial score (nSPS) is 33.0. The molecule has 4 rings (SSSR count). The zero-order chi connectivity index (χ0) is 16.0. The molecule has 0 radical (unpaired) electrons. The van der Waals surface area contributed by atoms with Gasteiger partial charge in [-0.05, 0) is 37.7 Å². The highest BCUT2D eigenvalue weighted by Gasteiger charge is 2.54. The van der Waals surface area contributed by atoms with E-state index >= 15 is 0 Å². The van der Waals surface area contributed by atoms with E-state index in [0.717, 1.165) is 19.0 Å². The largest absolute Gasteiger partial charge is 0.372 e. The van der Waals surface area contributed by atoms with Crippen LogP contribution >= 0.6 is 23.7 Å². The average Bonchev–Trinajstić information content (AvgIpc) is 3.18. The number of likely N-dealkylation sites (tertiary alicyclic amines) is 1. The van der Waals surface area contributed by atoms with Crippen LogP contribution in [-0.4, -0.2) is 37.6 Å². The lowest BCUT2D eigenvalue weighted by Gasteiger charge is -2.55. The van der Waals surface area contributed by atoms with Gasteiger partial charge in [0, 0.05) is 48.8 Å². The Labute approximate surface area is 154 Å². The third-order valence-corrected chi connectivity index (χ3v) is 7.16. The highest BCUT2D eigenvalue weighted by Crippen LogP contribution is 2.53. The Bertz CT molecular complexity index is 588. The van der Waals surface area contributed by atoms with E-state index in [1.165, 1.54) is 43.5 Å². The lowest BCUT2D eigenvalue weighted by Crippen LogP contribution is -2.59. The molecule has 2 aliphatic carbocycles. The zero-order valence-corrected chi connectivity index (χ0v) is 15.8. The predicted octanol–water partition coefficient (Wildman–Crippen LogP) is 3.25. The fraction of sp³-hybridized carbons (Fsp3) is 0.722. The van der Waals surface area contributed by atoms with Crippen LogP contribution in [0, 0.1) is 17.8 Å². The van der Waals surface area contributed by atoms with Crippen molar-refractivity contribution < 1.29 is 9.53 Å². The summed E-state index contributed by atoms with van der Waals surface area (Å²) in [5.74, 6) is 1.65. The molecule has 3 fully saturated rings. The number of nitrogens with two attached hydrogens (primary N) is 1. The molecule has 1 saturated heterocycles. The summed E-state index contributed by atoms with van der Waals surface area (Å²) in [6.07, 6.45) is 6.55. The summed E-state index contributed by atoms with van der Waals surface area (Å²) < 4.78 is 6.23. The molecule has 1 amide bonds. The van der Waals surface area contributed by atoms with Crippen molar-refractivity contribution in [3.63, 3.8) is 0 Å². The number of hydrogen-bond acceptors (Lipinski definition) is 4. The topological polar surface area (TPSA) is 55.6 Å². The quantitative estimate of drug-likeness (QED) is 0.865. The summed E-state index contributed by atoms with van der Waals surface area (Å²) in [5, 5.41) is 1.89. The van der Waals surface area contributed by atoms with Crippen LogP contribution in [0.1, 0.15) is 47.3 Å². The number of hydrogen-bond donors (Lipinski definition) is 1. The van der Waals surface area contributed by atoms with Gasteiger partial charge in [-0.1, -0.05) is 6.42 Å². The van der Waals surface area contributed by atoms with E-state index in [2.05, 4.69) is 4.90 Å². The summed E-state index contributed by atoms with van der Waals surface area (Å²) in [6, 6.07) is 1.98. The molecule has 2 saturated carbocycles. The zero-order valence-electron chi connectivity index (χ0n) is 14.2. The number of primary amides is 1. The second-order valence-electron chi connectivity index (χ2n) is 7.55. The van der Waals surface area contributed by atoms with Crippen molar-refractivity contribution in [2.45, 2.75) is 37.7 Å². The molecule has 134 valence electrons. The van der Waals surface area contributed by atoms with Crippen LogP contribution in [0.2, 0.25) is 0 Å². The first kappa shape index (κ1) is 18.2. The average molecular weight is 371 g/mol. The molecule has 2 heterocycles. The van der Waals surface area contributed by atoms with Crippen LogP contribution in [0.5, 0.6) is 0 Å². The first-order chi connectivity index (χ1) is 11.1. The minimum atomic E-state index is -0.338. The second-order valence-corrected chi connectivity index (χ2v) is 8.46. The summed E-state index contributed by atoms with van der Waals surface area (Å²) in [5.41, 5.74) is 5.87. The molecule has 0 spiro atoms. The highest BCUT2D eigenvalue weighted by atomic mass is 35.5. The number of methoxy groups -OCH3 is 1. The van der Waals surface area contributed by atoms with Gasteiger partial charge in [0.2, 0.25) is 5.91 Å². The Hall–Kier alpha value is -0.620. The Balaban J connectivity index is 0.00000169. The Morgan fingerprint density at radius 3 is 2.50 bits per heavy atom. The maximum absolute atomic E-state index is 11.5. The Morgan fingerprint density at radius 1 is 1.33 bits per heavy atom. The number of piperidine rings is 1. The fourth-order valence-corrected chi connectivity index (χ4v) is 6.08. The number of ether oxygens (including phenoxy) is 1. The number of carbonyl (C=O) groups is 1. The van der Waals surface area contributed by atoms with Crippen molar-refractivity contribution >= 4 is 29.7 Å². The maximum Gasteiger partial charge on any atom is 0.249 e. The van der Waals surface area contributed by atoms with E-state index in [1.54, 1.807) is 11.3 Å². The number of halogens is 1. The minimum absolute atomic E-state index is 0. The van der Waals surface area contributed by atoms with Gasteiger partial charge in [-0.3, -0.25) is 4.79 Å². The molecule has 6 heteroatoms. The van der Waals surface area contributed by atoms with Crippen molar-refractivity contribution in [2.24, 2.45) is 23.5 Å². The van der Waals surface area contributed by atoms with Gasteiger partial charge in [-0.15, -0.1) is 23.7 Å². The van der Waals surface area contributed by atoms with E-state index < -0.39 is 0 Å². The molecule has 4 nitrogen and oxygen atoms in total. The number of carbonyl (C=O) groups excluding carboxylic acids is 1. The summed E-state index contributed by atoms with van der Waals surface area (Å²) in [6.45, 7) is 3.53. The molecular formula is C18H27ClN2O2S. The van der Waals surface area contributed by atoms with E-state index in [-0.39, 0.29) is 23.9 Å². The number of amides is 1. The third kappa shape index (κ3) is 3.00. The van der Waals surface area contributed by atoms with Gasteiger partial charge < -0.3 is 15.4 Å². The van der Waals surface area contributed by atoms with Gasteiger partial charge >= 0.3 is 0 Å². The first-order valence-electron chi connectivity index (χ1n) is 8.79. The van der Waals surface area contributed by atoms with Crippen LogP contribution in [0.15, 0.2) is 11.4 Å². The molecule has 3 aliphatic rings. The van der Waals surface area contributed by atoms with Crippen molar-refractivity contribution in [1.29, 1.82) is 0 Å². The van der Waals surface area contributed by atoms with E-state index in [1.807, 2.05) is 18.6 Å². The third-order valence-electron chi connectivity index (χ3n) is 6.10. The van der Waals surface area contributed by atoms with Crippen LogP contribution in [0.4, 0.5) is 0 Å². The van der Waals surface area contributed by atoms with Crippen LogP contribution < -0.4 is 5.73 Å². The SMILES string of the molecule is COC1(c2cc(C(N)=O)cs2)C2CCCC1CN(CC1CC1)C2.Cl. The van der Waals surface area contributed by atoms with Crippen LogP contribution in [0.25, 0.3) is 0 Å². The summed E-state index contributed by atoms with van der Waals surface area (Å²) in [4.78, 5) is 15.4. The van der Waals surface area contributed by atoms with Crippen molar-refractivity contribution in [2.75, 3.05) is 26.7 Å². The van der Waals surface area contributed by atoms with Crippen LogP contribution in [-0.2, 0) is 10.3 Å². The fourth-order valence-electron chi connectivity index (χ4n) is 4.85. The number of nitrogens with zero attached hydrogens (tertiary/aromatic N) is 1. The van der Waals surface area contributed by atoms with Crippen molar-refractivity contribution in [1.82, 2.24) is 4.90 Å². The minimum Gasteiger partial charge on any atom is -0.372 e. The van der Waals surface area contributed by atoms with Crippen molar-refractivity contribution in [3.8, 4) is 0 Å². The van der Waals surface area contributed by atoms with Gasteiger partial charge in [0.05, 0.1) is 5.56 Å². The lowest BCUT2D eigenvalue weighted by molar-refractivity contribution is -0.167. The van der Waals surface area contributed by atoms with Gasteiger partial charge in [0.25, 0.3) is 0 Å². The van der Waals surface area contributed by atoms with E-state index in [9.17, 15) is 4.79 Å². The van der Waals surface area contributed by atoms with Crippen LogP contribution in [0.3, 0.4) is 0 Å². The Kier molecular flexibility index (Phi) is 5.26. The molecule has 2 atom stereocenters. The number of fused-ring (bicyclic) bond motifs is 2. The summed E-state index contributed by atoms with van der Waals surface area (Å²) in [7, 11) is 1.85. The highest BCUT2D eigenvalue weighted by molar-refractivity contribution is 7.10. The Morgan fingerprint density at radius 2 is 2.00 bits per heavy atom. The molecular weight excluding hydrogens is 344 g/mol. The molecule has 1 aromatic heterocycles. The number of rotatable bonds is 5. The first-order valence-corrected chi connectivity index (χ1v) is 9.67. The number of thiophene rings is 1. The second kappa shape index (κ2) is 6.94. The van der Waals surface area contributed by atoms with Gasteiger partial charge in [-0.2, -0.15) is 0 Å². The molecule has 2 unspecified atom stereocenters. The van der Waals surface area contributed by atoms with E-state index in [0.29, 0.717) is 17.4 Å². The monoisotopic (exact) mass is 370 g/mol. The standard InChI is InChI=1S/C18H26N2O2S.ClH/c1-22-18(16-7-13(11-23-16)17(19)21)14-3-2-4-15(18)10-20(9-14)8-12-5-6-12;/h7,11-12,14-15H,2-6,8-10H2,1H3,(H2,19,21);1H. The van der Waals surface area contributed by atoms with Gasteiger partial charge in [0.1, 0.15) is 5.60 Å². The van der Waals surface area contributed by atoms with Gasteiger partial charge in [0.15, 0.2) is 0 Å². The molecule has 2 bridgehead atoms. The maximum atomic E-state index is 11.5.